The second kappa shape index (κ2) is 7.70. The number of halogens is 1. The summed E-state index contributed by atoms with van der Waals surface area (Å²) in [6, 6.07) is 7.03. The average Bonchev–Trinajstić information content (AvgIpc) is 3.05. The summed E-state index contributed by atoms with van der Waals surface area (Å²) in [4.78, 5) is 15.8. The van der Waals surface area contributed by atoms with Gasteiger partial charge < -0.3 is 19.5 Å². The van der Waals surface area contributed by atoms with Crippen molar-refractivity contribution in [1.29, 1.82) is 0 Å². The molecule has 1 aromatic carbocycles. The van der Waals surface area contributed by atoms with Crippen LogP contribution in [0.4, 0.5) is 0 Å². The zero-order chi connectivity index (χ0) is 16.8. The van der Waals surface area contributed by atoms with Crippen LogP contribution in [0.15, 0.2) is 41.1 Å². The summed E-state index contributed by atoms with van der Waals surface area (Å²) in [5.74, 6) is 7.46. The first-order valence-corrected chi connectivity index (χ1v) is 7.88. The Bertz CT molecular complexity index is 814. The summed E-state index contributed by atoms with van der Waals surface area (Å²) in [6.07, 6.45) is 3.11. The van der Waals surface area contributed by atoms with Gasteiger partial charge in [0.15, 0.2) is 11.5 Å². The molecule has 7 heteroatoms. The monoisotopic (exact) mass is 388 g/mol. The average molecular weight is 389 g/mol. The molecule has 0 atom stereocenters. The Morgan fingerprint density at radius 3 is 3.00 bits per heavy atom. The number of pyridine rings is 1. The van der Waals surface area contributed by atoms with Gasteiger partial charge in [-0.2, -0.15) is 0 Å². The molecule has 122 valence electrons. The van der Waals surface area contributed by atoms with E-state index in [2.05, 4.69) is 38.1 Å². The van der Waals surface area contributed by atoms with Crippen molar-refractivity contribution in [1.82, 2.24) is 10.3 Å². The Labute approximate surface area is 147 Å². The number of hydrogen-bond donors (Lipinski definition) is 1. The molecule has 24 heavy (non-hydrogen) atoms. The van der Waals surface area contributed by atoms with E-state index in [1.807, 2.05) is 0 Å². The molecule has 2 aromatic rings. The highest BCUT2D eigenvalue weighted by atomic mass is 79.9. The third kappa shape index (κ3) is 4.18. The maximum atomic E-state index is 11.9. The Hall–Kier alpha value is -2.72. The molecule has 3 rings (SSSR count). The van der Waals surface area contributed by atoms with Gasteiger partial charge in [0.2, 0.25) is 6.79 Å². The van der Waals surface area contributed by atoms with Crippen molar-refractivity contribution < 1.29 is 19.0 Å². The van der Waals surface area contributed by atoms with Gasteiger partial charge in [-0.15, -0.1) is 0 Å². The molecule has 0 radical (unpaired) electrons. The number of amides is 1. The Morgan fingerprint density at radius 2 is 2.12 bits per heavy atom. The SMILES string of the molecule is O=C(NCC#CCOc1ccc2c(c1)OCO2)c1cncc(Br)c1. The van der Waals surface area contributed by atoms with Crippen LogP contribution < -0.4 is 19.5 Å². The fourth-order valence-corrected chi connectivity index (χ4v) is 2.33. The fraction of sp³-hybridized carbons (Fsp3) is 0.176. The molecule has 1 amide bonds. The lowest BCUT2D eigenvalue weighted by molar-refractivity contribution is 0.0958. The molecule has 0 bridgehead atoms. The Kier molecular flexibility index (Phi) is 5.18. The van der Waals surface area contributed by atoms with Crippen LogP contribution in [0.3, 0.4) is 0 Å². The van der Waals surface area contributed by atoms with E-state index < -0.39 is 0 Å². The van der Waals surface area contributed by atoms with Crippen molar-refractivity contribution >= 4 is 21.8 Å². The normalized spacial score (nSPS) is 11.4. The number of hydrogen-bond acceptors (Lipinski definition) is 5. The van der Waals surface area contributed by atoms with Crippen molar-refractivity contribution in [3.8, 4) is 29.1 Å². The van der Waals surface area contributed by atoms with Crippen LogP contribution in [0.1, 0.15) is 10.4 Å². The van der Waals surface area contributed by atoms with Crippen LogP contribution in [0, 0.1) is 11.8 Å². The molecule has 1 aliphatic rings. The topological polar surface area (TPSA) is 69.7 Å². The van der Waals surface area contributed by atoms with E-state index in [9.17, 15) is 4.79 Å². The molecule has 0 fully saturated rings. The van der Waals surface area contributed by atoms with Crippen LogP contribution in [0.25, 0.3) is 0 Å². The molecule has 0 saturated heterocycles. The number of aromatic nitrogens is 1. The van der Waals surface area contributed by atoms with Crippen molar-refractivity contribution in [3.05, 3.63) is 46.7 Å². The maximum absolute atomic E-state index is 11.9. The van der Waals surface area contributed by atoms with Gasteiger partial charge >= 0.3 is 0 Å². The predicted molar refractivity (Wildman–Crippen MR) is 90.1 cm³/mol. The Morgan fingerprint density at radius 1 is 1.25 bits per heavy atom. The van der Waals surface area contributed by atoms with Gasteiger partial charge in [-0.25, -0.2) is 0 Å². The molecule has 0 spiro atoms. The number of benzene rings is 1. The molecule has 6 nitrogen and oxygen atoms in total. The van der Waals surface area contributed by atoms with Gasteiger partial charge in [-0.3, -0.25) is 9.78 Å². The van der Waals surface area contributed by atoms with Gasteiger partial charge in [0.05, 0.1) is 12.1 Å². The molecule has 0 saturated carbocycles. The highest BCUT2D eigenvalue weighted by molar-refractivity contribution is 9.10. The van der Waals surface area contributed by atoms with E-state index in [0.29, 0.717) is 22.8 Å². The molecule has 1 N–H and O–H groups in total. The molecular weight excluding hydrogens is 376 g/mol. The van der Waals surface area contributed by atoms with Crippen molar-refractivity contribution in [3.63, 3.8) is 0 Å². The molecule has 1 aromatic heterocycles. The van der Waals surface area contributed by atoms with Crippen LogP contribution in [0.5, 0.6) is 17.2 Å². The number of nitrogens with one attached hydrogen (secondary N) is 1. The number of rotatable bonds is 4. The Balaban J connectivity index is 1.43. The highest BCUT2D eigenvalue weighted by Gasteiger charge is 2.13. The van der Waals surface area contributed by atoms with E-state index >= 15 is 0 Å². The minimum Gasteiger partial charge on any atom is -0.481 e. The van der Waals surface area contributed by atoms with Crippen molar-refractivity contribution in [2.24, 2.45) is 0 Å². The summed E-state index contributed by atoms with van der Waals surface area (Å²) in [7, 11) is 0. The minimum absolute atomic E-state index is 0.216. The first-order chi connectivity index (χ1) is 11.7. The molecule has 1 aliphatic heterocycles. The van der Waals surface area contributed by atoms with Crippen LogP contribution in [-0.2, 0) is 0 Å². The first kappa shape index (κ1) is 16.1. The van der Waals surface area contributed by atoms with Crippen molar-refractivity contribution in [2.75, 3.05) is 19.9 Å². The molecule has 0 unspecified atom stereocenters. The maximum Gasteiger partial charge on any atom is 0.253 e. The quantitative estimate of drug-likeness (QED) is 0.814. The van der Waals surface area contributed by atoms with Gasteiger partial charge in [-0.1, -0.05) is 11.8 Å². The van der Waals surface area contributed by atoms with E-state index in [0.717, 1.165) is 4.47 Å². The van der Waals surface area contributed by atoms with Gasteiger partial charge in [0, 0.05) is 22.9 Å². The number of fused-ring (bicyclic) bond motifs is 1. The molecule has 2 heterocycles. The van der Waals surface area contributed by atoms with Crippen molar-refractivity contribution in [2.45, 2.75) is 0 Å². The lowest BCUT2D eigenvalue weighted by atomic mass is 10.3. The fourth-order valence-electron chi connectivity index (χ4n) is 1.96. The highest BCUT2D eigenvalue weighted by Crippen LogP contribution is 2.34. The van der Waals surface area contributed by atoms with E-state index in [-0.39, 0.29) is 25.9 Å². The van der Waals surface area contributed by atoms with Gasteiger partial charge in [-0.05, 0) is 34.1 Å². The largest absolute Gasteiger partial charge is 0.481 e. The summed E-state index contributed by atoms with van der Waals surface area (Å²) in [5, 5.41) is 2.69. The van der Waals surface area contributed by atoms with Gasteiger partial charge in [0.25, 0.3) is 5.91 Å². The van der Waals surface area contributed by atoms with Crippen LogP contribution in [0.2, 0.25) is 0 Å². The zero-order valence-electron chi connectivity index (χ0n) is 12.5. The van der Waals surface area contributed by atoms with E-state index in [1.165, 1.54) is 6.20 Å². The number of carbonyl (C=O) groups is 1. The molecule has 0 aliphatic carbocycles. The third-order valence-electron chi connectivity index (χ3n) is 3.08. The van der Waals surface area contributed by atoms with Crippen LogP contribution >= 0.6 is 15.9 Å². The summed E-state index contributed by atoms with van der Waals surface area (Å²) < 4.78 is 16.7. The first-order valence-electron chi connectivity index (χ1n) is 7.09. The lowest BCUT2D eigenvalue weighted by Crippen LogP contribution is -2.23. The summed E-state index contributed by atoms with van der Waals surface area (Å²) in [5.41, 5.74) is 0.475. The van der Waals surface area contributed by atoms with E-state index in [1.54, 1.807) is 30.5 Å². The minimum atomic E-state index is -0.227. The summed E-state index contributed by atoms with van der Waals surface area (Å²) >= 11 is 3.27. The standard InChI is InChI=1S/C17H13BrN2O4/c18-13-7-12(9-19-10-13)17(21)20-5-1-2-6-22-14-3-4-15-16(8-14)24-11-23-15/h3-4,7-10H,5-6,11H2,(H,20,21). The van der Waals surface area contributed by atoms with E-state index in [4.69, 9.17) is 14.2 Å². The molecular formula is C17H13BrN2O4. The number of ether oxygens (including phenoxy) is 3. The predicted octanol–water partition coefficient (Wildman–Crippen LogP) is 2.39. The van der Waals surface area contributed by atoms with Gasteiger partial charge in [0.1, 0.15) is 12.4 Å². The third-order valence-corrected chi connectivity index (χ3v) is 3.52. The van der Waals surface area contributed by atoms with Crippen LogP contribution in [-0.4, -0.2) is 30.8 Å². The second-order valence-electron chi connectivity index (χ2n) is 4.73. The second-order valence-corrected chi connectivity index (χ2v) is 5.65. The number of nitrogens with zero attached hydrogens (tertiary/aromatic N) is 1. The summed E-state index contributed by atoms with van der Waals surface area (Å²) in [6.45, 7) is 0.676. The number of carbonyl (C=O) groups excluding carboxylic acids is 1. The smallest absolute Gasteiger partial charge is 0.253 e. The zero-order valence-corrected chi connectivity index (χ0v) is 14.1. The lowest BCUT2D eigenvalue weighted by Gasteiger charge is -2.03.